The van der Waals surface area contributed by atoms with Crippen LogP contribution in [-0.4, -0.2) is 4.57 Å². The molecule has 2 nitrogen and oxygen atoms in total. The predicted octanol–water partition coefficient (Wildman–Crippen LogP) is 3.08. The molecule has 0 saturated heterocycles. The van der Waals surface area contributed by atoms with Crippen LogP contribution < -0.4 is 5.32 Å². The molecule has 0 amide bonds. The largest absolute Gasteiger partial charge is 0.381 e. The Labute approximate surface area is 94.7 Å². The number of anilines is 1. The number of rotatable bonds is 3. The zero-order valence-electron chi connectivity index (χ0n) is 9.50. The molecule has 1 aromatic carbocycles. The Kier molecular flexibility index (Phi) is 2.95. The van der Waals surface area contributed by atoms with E-state index in [9.17, 15) is 4.39 Å². The lowest BCUT2D eigenvalue weighted by atomic mass is 10.2. The number of benzene rings is 1. The maximum atomic E-state index is 13.3. The second-order valence-electron chi connectivity index (χ2n) is 4.00. The lowest BCUT2D eigenvalue weighted by Gasteiger charge is -2.06. The van der Waals surface area contributed by atoms with Gasteiger partial charge >= 0.3 is 0 Å². The number of aromatic nitrogens is 1. The maximum absolute atomic E-state index is 13.3. The highest BCUT2D eigenvalue weighted by molar-refractivity contribution is 5.45. The zero-order chi connectivity index (χ0) is 11.5. The van der Waals surface area contributed by atoms with Gasteiger partial charge in [0.2, 0.25) is 0 Å². The molecule has 84 valence electrons. The predicted molar refractivity (Wildman–Crippen MR) is 63.9 cm³/mol. The van der Waals surface area contributed by atoms with Crippen LogP contribution in [0.2, 0.25) is 0 Å². The summed E-state index contributed by atoms with van der Waals surface area (Å²) >= 11 is 0. The minimum absolute atomic E-state index is 0.168. The molecule has 3 heteroatoms. The van der Waals surface area contributed by atoms with Crippen LogP contribution in [0.25, 0.3) is 0 Å². The van der Waals surface area contributed by atoms with E-state index in [0.29, 0.717) is 12.1 Å². The third-order valence-electron chi connectivity index (χ3n) is 2.56. The van der Waals surface area contributed by atoms with Crippen LogP contribution in [-0.2, 0) is 13.6 Å². The maximum Gasteiger partial charge on any atom is 0.128 e. The molecule has 2 aromatic rings. The summed E-state index contributed by atoms with van der Waals surface area (Å²) in [4.78, 5) is 0. The Balaban J connectivity index is 2.02. The SMILES string of the molecule is Cc1ccc(NCc2ccn(C)c2)cc1F. The summed E-state index contributed by atoms with van der Waals surface area (Å²) in [5.41, 5.74) is 2.67. The van der Waals surface area contributed by atoms with Gasteiger partial charge in [-0.05, 0) is 36.2 Å². The lowest BCUT2D eigenvalue weighted by Crippen LogP contribution is -1.99. The summed E-state index contributed by atoms with van der Waals surface area (Å²) in [7, 11) is 1.98. The fourth-order valence-corrected chi connectivity index (χ4v) is 1.57. The number of halogens is 1. The Morgan fingerprint density at radius 1 is 1.31 bits per heavy atom. The Bertz CT molecular complexity index is 488. The molecule has 1 aromatic heterocycles. The van der Waals surface area contributed by atoms with Gasteiger partial charge in [-0.2, -0.15) is 0 Å². The van der Waals surface area contributed by atoms with Crippen molar-refractivity contribution in [2.24, 2.45) is 7.05 Å². The minimum Gasteiger partial charge on any atom is -0.381 e. The normalized spacial score (nSPS) is 10.4. The van der Waals surface area contributed by atoms with E-state index in [1.807, 2.05) is 36.1 Å². The van der Waals surface area contributed by atoms with Crippen molar-refractivity contribution in [1.29, 1.82) is 0 Å². The number of nitrogens with zero attached hydrogens (tertiary/aromatic N) is 1. The molecule has 1 N–H and O–H groups in total. The smallest absolute Gasteiger partial charge is 0.128 e. The molecular weight excluding hydrogens is 203 g/mol. The fourth-order valence-electron chi connectivity index (χ4n) is 1.57. The van der Waals surface area contributed by atoms with Gasteiger partial charge in [0.1, 0.15) is 5.82 Å². The fraction of sp³-hybridized carbons (Fsp3) is 0.231. The van der Waals surface area contributed by atoms with E-state index < -0.39 is 0 Å². The molecule has 1 heterocycles. The van der Waals surface area contributed by atoms with Gasteiger partial charge in [-0.15, -0.1) is 0 Å². The zero-order valence-corrected chi connectivity index (χ0v) is 9.50. The van der Waals surface area contributed by atoms with Crippen molar-refractivity contribution in [3.63, 3.8) is 0 Å². The van der Waals surface area contributed by atoms with E-state index in [0.717, 1.165) is 5.69 Å². The molecule has 0 radical (unpaired) electrons. The summed E-state index contributed by atoms with van der Waals surface area (Å²) in [5.74, 6) is -0.168. The topological polar surface area (TPSA) is 17.0 Å². The monoisotopic (exact) mass is 218 g/mol. The number of aryl methyl sites for hydroxylation is 2. The van der Waals surface area contributed by atoms with Gasteiger partial charge < -0.3 is 9.88 Å². The highest BCUT2D eigenvalue weighted by Crippen LogP contribution is 2.14. The second-order valence-corrected chi connectivity index (χ2v) is 4.00. The van der Waals surface area contributed by atoms with Gasteiger partial charge in [-0.25, -0.2) is 4.39 Å². The quantitative estimate of drug-likeness (QED) is 0.837. The molecule has 0 aliphatic heterocycles. The van der Waals surface area contributed by atoms with E-state index in [4.69, 9.17) is 0 Å². The molecular formula is C13H15FN2. The van der Waals surface area contributed by atoms with Gasteiger partial charge in [0.05, 0.1) is 0 Å². The molecule has 0 saturated carbocycles. The van der Waals surface area contributed by atoms with Crippen LogP contribution >= 0.6 is 0 Å². The molecule has 0 aliphatic rings. The van der Waals surface area contributed by atoms with Crippen molar-refractivity contribution in [3.05, 3.63) is 53.6 Å². The van der Waals surface area contributed by atoms with Crippen LogP contribution in [0.3, 0.4) is 0 Å². The van der Waals surface area contributed by atoms with Gasteiger partial charge in [-0.3, -0.25) is 0 Å². The van der Waals surface area contributed by atoms with Crippen LogP contribution in [0.4, 0.5) is 10.1 Å². The third kappa shape index (κ3) is 2.42. The Hall–Kier alpha value is -1.77. The first-order valence-corrected chi connectivity index (χ1v) is 5.26. The molecule has 0 atom stereocenters. The molecule has 2 rings (SSSR count). The molecule has 0 unspecified atom stereocenters. The minimum atomic E-state index is -0.168. The first-order valence-electron chi connectivity index (χ1n) is 5.26. The second kappa shape index (κ2) is 4.39. The van der Waals surface area contributed by atoms with E-state index >= 15 is 0 Å². The molecule has 0 bridgehead atoms. The average Bonchev–Trinajstić information content (AvgIpc) is 2.66. The van der Waals surface area contributed by atoms with Crippen molar-refractivity contribution in [3.8, 4) is 0 Å². The van der Waals surface area contributed by atoms with E-state index in [1.54, 1.807) is 13.0 Å². The standard InChI is InChI=1S/C13H15FN2/c1-10-3-4-12(7-13(10)14)15-8-11-5-6-16(2)9-11/h3-7,9,15H,8H2,1-2H3. The molecule has 0 fully saturated rings. The van der Waals surface area contributed by atoms with Crippen LogP contribution in [0, 0.1) is 12.7 Å². The van der Waals surface area contributed by atoms with Crippen molar-refractivity contribution in [2.45, 2.75) is 13.5 Å². The molecule has 16 heavy (non-hydrogen) atoms. The van der Waals surface area contributed by atoms with Crippen molar-refractivity contribution < 1.29 is 4.39 Å². The van der Waals surface area contributed by atoms with Crippen molar-refractivity contribution >= 4 is 5.69 Å². The Morgan fingerprint density at radius 2 is 2.12 bits per heavy atom. The summed E-state index contributed by atoms with van der Waals surface area (Å²) < 4.78 is 15.3. The summed E-state index contributed by atoms with van der Waals surface area (Å²) in [6, 6.07) is 7.24. The molecule has 0 spiro atoms. The van der Waals surface area contributed by atoms with Crippen LogP contribution in [0.15, 0.2) is 36.7 Å². The highest BCUT2D eigenvalue weighted by atomic mass is 19.1. The summed E-state index contributed by atoms with van der Waals surface area (Å²) in [5, 5.41) is 3.19. The van der Waals surface area contributed by atoms with Gasteiger partial charge in [0.15, 0.2) is 0 Å². The number of hydrogen-bond acceptors (Lipinski definition) is 1. The molecule has 0 aliphatic carbocycles. The van der Waals surface area contributed by atoms with Crippen molar-refractivity contribution in [1.82, 2.24) is 4.57 Å². The first kappa shape index (κ1) is 10.7. The summed E-state index contributed by atoms with van der Waals surface area (Å²) in [6.45, 7) is 2.47. The van der Waals surface area contributed by atoms with E-state index in [2.05, 4.69) is 5.32 Å². The Morgan fingerprint density at radius 3 is 2.75 bits per heavy atom. The summed E-state index contributed by atoms with van der Waals surface area (Å²) in [6.07, 6.45) is 4.03. The number of hydrogen-bond donors (Lipinski definition) is 1. The highest BCUT2D eigenvalue weighted by Gasteiger charge is 1.99. The first-order chi connectivity index (χ1) is 7.65. The third-order valence-corrected chi connectivity index (χ3v) is 2.56. The van der Waals surface area contributed by atoms with Gasteiger partial charge in [0, 0.05) is 31.7 Å². The average molecular weight is 218 g/mol. The van der Waals surface area contributed by atoms with E-state index in [1.165, 1.54) is 11.6 Å². The van der Waals surface area contributed by atoms with Crippen LogP contribution in [0.5, 0.6) is 0 Å². The van der Waals surface area contributed by atoms with Gasteiger partial charge in [0.25, 0.3) is 0 Å². The van der Waals surface area contributed by atoms with Gasteiger partial charge in [-0.1, -0.05) is 6.07 Å². The van der Waals surface area contributed by atoms with Crippen LogP contribution in [0.1, 0.15) is 11.1 Å². The number of nitrogens with one attached hydrogen (secondary N) is 1. The van der Waals surface area contributed by atoms with E-state index in [-0.39, 0.29) is 5.82 Å². The van der Waals surface area contributed by atoms with Crippen molar-refractivity contribution in [2.75, 3.05) is 5.32 Å². The lowest BCUT2D eigenvalue weighted by molar-refractivity contribution is 0.619.